The van der Waals surface area contributed by atoms with E-state index in [1.165, 1.54) is 0 Å². The maximum atomic E-state index is 9.37. The van der Waals surface area contributed by atoms with Gasteiger partial charge in [-0.05, 0) is 35.5 Å². The topological polar surface area (TPSA) is 40.5 Å². The van der Waals surface area contributed by atoms with Crippen LogP contribution in [0.3, 0.4) is 0 Å². The van der Waals surface area contributed by atoms with E-state index in [1.807, 2.05) is 0 Å². The molecule has 14 heavy (non-hydrogen) atoms. The van der Waals surface area contributed by atoms with E-state index in [0.29, 0.717) is 23.7 Å². The third kappa shape index (κ3) is 0.882. The first-order valence-corrected chi connectivity index (χ1v) is 5.45. The number of hydrogen-bond donors (Lipinski definition) is 2. The number of fused-ring (bicyclic) bond motifs is 1. The van der Waals surface area contributed by atoms with E-state index >= 15 is 0 Å². The predicted octanol–water partition coefficient (Wildman–Crippen LogP) is 0.821. The fourth-order valence-corrected chi connectivity index (χ4v) is 3.59. The first-order valence-electron chi connectivity index (χ1n) is 5.45. The van der Waals surface area contributed by atoms with Crippen molar-refractivity contribution in [3.05, 3.63) is 24.3 Å². The minimum absolute atomic E-state index is 0.216. The average Bonchev–Trinajstić information content (AvgIpc) is 2.16. The third-order valence-electron chi connectivity index (χ3n) is 4.40. The standard InChI is InChI=1S/C12H16O2/c13-5-11-9-3-4-10(12(11)6-14)8-2-1-7(8)9/h1-4,7-14H,5-6H2/t7-,8+,9-,10+,11-,12+. The van der Waals surface area contributed by atoms with Crippen LogP contribution in [0.4, 0.5) is 0 Å². The molecule has 2 nitrogen and oxygen atoms in total. The zero-order valence-corrected chi connectivity index (χ0v) is 8.08. The summed E-state index contributed by atoms with van der Waals surface area (Å²) in [4.78, 5) is 0. The molecule has 0 amide bonds. The molecule has 2 heteroatoms. The molecule has 0 aromatic heterocycles. The van der Waals surface area contributed by atoms with Crippen molar-refractivity contribution in [1.82, 2.24) is 0 Å². The summed E-state index contributed by atoms with van der Waals surface area (Å²) in [5.74, 6) is 2.78. The number of rotatable bonds is 2. The highest BCUT2D eigenvalue weighted by atomic mass is 16.3. The summed E-state index contributed by atoms with van der Waals surface area (Å²) < 4.78 is 0. The summed E-state index contributed by atoms with van der Waals surface area (Å²) in [5, 5.41) is 18.7. The van der Waals surface area contributed by atoms with E-state index in [-0.39, 0.29) is 25.0 Å². The quantitative estimate of drug-likeness (QED) is 0.636. The van der Waals surface area contributed by atoms with Gasteiger partial charge in [-0.25, -0.2) is 0 Å². The van der Waals surface area contributed by atoms with Crippen LogP contribution in [-0.2, 0) is 0 Å². The molecule has 0 saturated heterocycles. The van der Waals surface area contributed by atoms with E-state index in [4.69, 9.17) is 0 Å². The highest BCUT2D eigenvalue weighted by Gasteiger charge is 2.51. The van der Waals surface area contributed by atoms with Gasteiger partial charge in [-0.1, -0.05) is 24.3 Å². The summed E-state index contributed by atoms with van der Waals surface area (Å²) in [6, 6.07) is 0. The van der Waals surface area contributed by atoms with Crippen LogP contribution in [0.1, 0.15) is 0 Å². The summed E-state index contributed by atoms with van der Waals surface area (Å²) in [6.45, 7) is 0.432. The zero-order valence-electron chi connectivity index (χ0n) is 8.08. The molecule has 4 aliphatic rings. The van der Waals surface area contributed by atoms with Gasteiger partial charge >= 0.3 is 0 Å². The Morgan fingerprint density at radius 2 is 1.00 bits per heavy atom. The van der Waals surface area contributed by atoms with Crippen molar-refractivity contribution in [2.45, 2.75) is 0 Å². The molecule has 1 fully saturated rings. The molecule has 0 aromatic rings. The Morgan fingerprint density at radius 3 is 1.29 bits per heavy atom. The molecule has 2 N–H and O–H groups in total. The molecule has 4 aliphatic carbocycles. The lowest BCUT2D eigenvalue weighted by Gasteiger charge is -2.55. The molecule has 6 atom stereocenters. The second-order valence-electron chi connectivity index (χ2n) is 4.77. The van der Waals surface area contributed by atoms with Gasteiger partial charge in [0.1, 0.15) is 0 Å². The predicted molar refractivity (Wildman–Crippen MR) is 53.4 cm³/mol. The van der Waals surface area contributed by atoms with Crippen LogP contribution in [0.15, 0.2) is 24.3 Å². The molecular weight excluding hydrogens is 176 g/mol. The van der Waals surface area contributed by atoms with Crippen molar-refractivity contribution in [2.24, 2.45) is 35.5 Å². The molecular formula is C12H16O2. The van der Waals surface area contributed by atoms with E-state index < -0.39 is 0 Å². The third-order valence-corrected chi connectivity index (χ3v) is 4.40. The first-order chi connectivity index (χ1) is 6.86. The van der Waals surface area contributed by atoms with E-state index in [2.05, 4.69) is 24.3 Å². The Morgan fingerprint density at radius 1 is 0.643 bits per heavy atom. The van der Waals surface area contributed by atoms with Crippen LogP contribution in [0.25, 0.3) is 0 Å². The average molecular weight is 192 g/mol. The highest BCUT2D eigenvalue weighted by molar-refractivity contribution is 5.27. The fourth-order valence-electron chi connectivity index (χ4n) is 3.59. The second-order valence-corrected chi connectivity index (χ2v) is 4.77. The van der Waals surface area contributed by atoms with Gasteiger partial charge in [-0.3, -0.25) is 0 Å². The SMILES string of the molecule is OC[C@@H]1[C@@H]2C=C[C@@H]([C@H]3C=C[C@H]32)[C@@H]1CO. The van der Waals surface area contributed by atoms with E-state index in [0.717, 1.165) is 0 Å². The Hall–Kier alpha value is -0.600. The zero-order chi connectivity index (χ0) is 9.71. The summed E-state index contributed by atoms with van der Waals surface area (Å²) in [6.07, 6.45) is 9.04. The molecule has 0 spiro atoms. The minimum Gasteiger partial charge on any atom is -0.396 e. The number of aliphatic hydroxyl groups is 2. The van der Waals surface area contributed by atoms with Gasteiger partial charge in [0, 0.05) is 13.2 Å². The van der Waals surface area contributed by atoms with Crippen LogP contribution in [0.2, 0.25) is 0 Å². The van der Waals surface area contributed by atoms with E-state index in [1.54, 1.807) is 0 Å². The lowest BCUT2D eigenvalue weighted by atomic mass is 9.50. The molecule has 4 rings (SSSR count). The maximum Gasteiger partial charge on any atom is 0.0468 e. The van der Waals surface area contributed by atoms with Crippen molar-refractivity contribution >= 4 is 0 Å². The lowest BCUT2D eigenvalue weighted by Crippen LogP contribution is -2.52. The fraction of sp³-hybridized carbons (Fsp3) is 0.667. The van der Waals surface area contributed by atoms with Gasteiger partial charge in [0.25, 0.3) is 0 Å². The molecule has 0 unspecified atom stereocenters. The number of allylic oxidation sites excluding steroid dienone is 4. The molecule has 76 valence electrons. The Bertz CT molecular complexity index is 267. The van der Waals surface area contributed by atoms with Crippen LogP contribution in [-0.4, -0.2) is 23.4 Å². The molecule has 2 bridgehead atoms. The maximum absolute atomic E-state index is 9.37. The van der Waals surface area contributed by atoms with Crippen molar-refractivity contribution in [3.8, 4) is 0 Å². The normalized spacial score (nSPS) is 53.0. The van der Waals surface area contributed by atoms with Gasteiger partial charge in [-0.2, -0.15) is 0 Å². The van der Waals surface area contributed by atoms with Gasteiger partial charge in [0.15, 0.2) is 0 Å². The van der Waals surface area contributed by atoms with Crippen LogP contribution >= 0.6 is 0 Å². The minimum atomic E-state index is 0.216. The van der Waals surface area contributed by atoms with Gasteiger partial charge in [-0.15, -0.1) is 0 Å². The Labute approximate surface area is 83.9 Å². The van der Waals surface area contributed by atoms with Gasteiger partial charge in [0.05, 0.1) is 0 Å². The largest absolute Gasteiger partial charge is 0.396 e. The van der Waals surface area contributed by atoms with Crippen molar-refractivity contribution in [2.75, 3.05) is 13.2 Å². The van der Waals surface area contributed by atoms with Crippen LogP contribution in [0.5, 0.6) is 0 Å². The number of aliphatic hydroxyl groups excluding tert-OH is 2. The smallest absolute Gasteiger partial charge is 0.0468 e. The number of hydrogen-bond acceptors (Lipinski definition) is 2. The van der Waals surface area contributed by atoms with Gasteiger partial charge in [0.2, 0.25) is 0 Å². The van der Waals surface area contributed by atoms with Crippen molar-refractivity contribution in [1.29, 1.82) is 0 Å². The molecule has 1 saturated carbocycles. The Balaban J connectivity index is 1.96. The molecule has 0 aromatic carbocycles. The Kier molecular flexibility index (Phi) is 1.83. The summed E-state index contributed by atoms with van der Waals surface area (Å²) >= 11 is 0. The van der Waals surface area contributed by atoms with Crippen LogP contribution < -0.4 is 0 Å². The second kappa shape index (κ2) is 2.94. The van der Waals surface area contributed by atoms with Crippen LogP contribution in [0, 0.1) is 35.5 Å². The van der Waals surface area contributed by atoms with Gasteiger partial charge < -0.3 is 10.2 Å². The molecule has 0 heterocycles. The lowest BCUT2D eigenvalue weighted by molar-refractivity contribution is -0.0239. The van der Waals surface area contributed by atoms with Crippen molar-refractivity contribution < 1.29 is 10.2 Å². The first kappa shape index (κ1) is 8.69. The summed E-state index contributed by atoms with van der Waals surface area (Å²) in [5.41, 5.74) is 0. The van der Waals surface area contributed by atoms with Crippen molar-refractivity contribution in [3.63, 3.8) is 0 Å². The monoisotopic (exact) mass is 192 g/mol. The molecule has 0 aliphatic heterocycles. The molecule has 0 radical (unpaired) electrons. The summed E-state index contributed by atoms with van der Waals surface area (Å²) in [7, 11) is 0. The highest BCUT2D eigenvalue weighted by Crippen LogP contribution is 2.55. The van der Waals surface area contributed by atoms with E-state index in [9.17, 15) is 10.2 Å².